The summed E-state index contributed by atoms with van der Waals surface area (Å²) in [4.78, 5) is 30.3. The lowest BCUT2D eigenvalue weighted by atomic mass is 9.58. The van der Waals surface area contributed by atoms with Crippen LogP contribution in [0.1, 0.15) is 73.1 Å². The van der Waals surface area contributed by atoms with E-state index in [0.29, 0.717) is 18.3 Å². The maximum Gasteiger partial charge on any atom is 0.333 e. The maximum absolute atomic E-state index is 11.8. The number of allylic oxidation sites excluding steroid dienone is 2. The minimum Gasteiger partial charge on any atom is -0.462 e. The van der Waals surface area contributed by atoms with Crippen molar-refractivity contribution in [3.8, 4) is 0 Å². The van der Waals surface area contributed by atoms with Gasteiger partial charge in [-0.2, -0.15) is 0 Å². The fourth-order valence-electron chi connectivity index (χ4n) is 4.02. The average molecular weight is 365 g/mol. The molecule has 3 rings (SSSR count). The molecular weight excluding hydrogens is 328 g/mol. The number of cyclic esters (lactones) is 1. The zero-order chi connectivity index (χ0) is 20.3. The van der Waals surface area contributed by atoms with Crippen LogP contribution in [0.2, 0.25) is 0 Å². The van der Waals surface area contributed by atoms with Crippen LogP contribution in [0.4, 0.5) is 0 Å². The second-order valence-corrected chi connectivity index (χ2v) is 7.24. The van der Waals surface area contributed by atoms with Gasteiger partial charge in [0.15, 0.2) is 0 Å². The summed E-state index contributed by atoms with van der Waals surface area (Å²) in [5.74, 6) is 1.69. The maximum atomic E-state index is 11.8. The molecule has 26 heavy (non-hydrogen) atoms. The van der Waals surface area contributed by atoms with Crippen LogP contribution in [0, 0.1) is 17.3 Å². The minimum absolute atomic E-state index is 0.0659. The molecule has 0 aromatic rings. The van der Waals surface area contributed by atoms with Crippen molar-refractivity contribution in [2.45, 2.75) is 73.1 Å². The van der Waals surface area contributed by atoms with Gasteiger partial charge in [0.2, 0.25) is 0 Å². The Morgan fingerprint density at radius 1 is 1.08 bits per heavy atom. The van der Waals surface area contributed by atoms with Crippen molar-refractivity contribution in [2.24, 2.45) is 17.3 Å². The minimum atomic E-state index is -0.146. The molecule has 3 fully saturated rings. The molecule has 1 saturated heterocycles. The third-order valence-corrected chi connectivity index (χ3v) is 5.53. The summed E-state index contributed by atoms with van der Waals surface area (Å²) in [6.07, 6.45) is 7.97. The van der Waals surface area contributed by atoms with E-state index < -0.39 is 0 Å². The fourth-order valence-corrected chi connectivity index (χ4v) is 4.02. The van der Waals surface area contributed by atoms with Crippen LogP contribution in [0.25, 0.3) is 0 Å². The van der Waals surface area contributed by atoms with Gasteiger partial charge in [-0.15, -0.1) is 0 Å². The molecule has 0 amide bonds. The van der Waals surface area contributed by atoms with Crippen LogP contribution in [0.3, 0.4) is 0 Å². The van der Waals surface area contributed by atoms with Gasteiger partial charge in [0, 0.05) is 23.8 Å². The van der Waals surface area contributed by atoms with Crippen LogP contribution in [0.15, 0.2) is 23.8 Å². The molecule has 0 N–H and O–H groups in total. The van der Waals surface area contributed by atoms with Crippen LogP contribution >= 0.6 is 0 Å². The molecule has 0 aromatic carbocycles. The van der Waals surface area contributed by atoms with E-state index in [9.17, 15) is 9.59 Å². The molecule has 0 radical (unpaired) electrons. The standard InChI is InChI=1S/C13H20O.C6H8O2.C2H6.CH2O/c1-9-4-6-11-10(8-9)5-7-12(14)13(11,2)3;1-2-5-3-4-8-6(5)7;2*1-2/h10-11H,1,4-8H2,2-3H3;2H,3-4H2,1H3;1-2H3;1H2/b;5-2+;;. The predicted molar refractivity (Wildman–Crippen MR) is 106 cm³/mol. The SMILES string of the molecule is C/C=C1\CCOC1=O.C=C1CCC2C(CCC(=O)C2(C)C)C1.C=O.CC. The van der Waals surface area contributed by atoms with E-state index in [1.165, 1.54) is 18.4 Å². The molecule has 0 bridgehead atoms. The summed E-state index contributed by atoms with van der Waals surface area (Å²) < 4.78 is 4.65. The van der Waals surface area contributed by atoms with Gasteiger partial charge < -0.3 is 9.53 Å². The molecule has 2 saturated carbocycles. The number of hydrogen-bond donors (Lipinski definition) is 0. The van der Waals surface area contributed by atoms with E-state index in [1.54, 1.807) is 6.08 Å². The highest BCUT2D eigenvalue weighted by Gasteiger charge is 2.45. The number of hydrogen-bond acceptors (Lipinski definition) is 4. The molecule has 2 atom stereocenters. The van der Waals surface area contributed by atoms with E-state index in [2.05, 4.69) is 25.2 Å². The summed E-state index contributed by atoms with van der Waals surface area (Å²) in [5.41, 5.74) is 2.14. The van der Waals surface area contributed by atoms with E-state index >= 15 is 0 Å². The summed E-state index contributed by atoms with van der Waals surface area (Å²) >= 11 is 0. The Balaban J connectivity index is 0.000000444. The normalized spacial score (nSPS) is 27.6. The number of carbonyl (C=O) groups is 3. The van der Waals surface area contributed by atoms with Crippen molar-refractivity contribution >= 4 is 18.5 Å². The van der Waals surface area contributed by atoms with Crippen LogP contribution in [-0.4, -0.2) is 25.1 Å². The predicted octanol–water partition coefficient (Wildman–Crippen LogP) is 5.07. The van der Waals surface area contributed by atoms with Crippen molar-refractivity contribution in [2.75, 3.05) is 6.61 Å². The number of ketones is 1. The molecule has 1 aliphatic heterocycles. The summed E-state index contributed by atoms with van der Waals surface area (Å²) in [5, 5.41) is 0. The third kappa shape index (κ3) is 6.22. The Labute approximate surface area is 159 Å². The third-order valence-electron chi connectivity index (χ3n) is 5.53. The topological polar surface area (TPSA) is 60.4 Å². The van der Waals surface area contributed by atoms with Crippen molar-refractivity contribution in [3.63, 3.8) is 0 Å². The average Bonchev–Trinajstić information content (AvgIpc) is 3.07. The van der Waals surface area contributed by atoms with Crippen molar-refractivity contribution in [1.82, 2.24) is 0 Å². The lowest BCUT2D eigenvalue weighted by Crippen LogP contribution is -2.43. The molecule has 2 unspecified atom stereocenters. The number of Topliss-reactive ketones (excluding diaryl/α,β-unsaturated/α-hetero) is 1. The van der Waals surface area contributed by atoms with Gasteiger partial charge in [-0.05, 0) is 44.4 Å². The molecule has 4 heteroatoms. The fraction of sp³-hybridized carbons (Fsp3) is 0.682. The molecule has 2 aliphatic carbocycles. The first-order valence-corrected chi connectivity index (χ1v) is 9.67. The van der Waals surface area contributed by atoms with E-state index in [0.717, 1.165) is 37.2 Å². The van der Waals surface area contributed by atoms with Crippen LogP contribution in [-0.2, 0) is 19.1 Å². The largest absolute Gasteiger partial charge is 0.462 e. The number of esters is 1. The van der Waals surface area contributed by atoms with Crippen molar-refractivity contribution in [1.29, 1.82) is 0 Å². The first kappa shape index (κ1) is 24.3. The summed E-state index contributed by atoms with van der Waals surface area (Å²) in [6, 6.07) is 0. The highest BCUT2D eigenvalue weighted by Crippen LogP contribution is 2.49. The van der Waals surface area contributed by atoms with E-state index in [-0.39, 0.29) is 11.4 Å². The van der Waals surface area contributed by atoms with Gasteiger partial charge in [-0.25, -0.2) is 4.79 Å². The van der Waals surface area contributed by atoms with Gasteiger partial charge in [-0.3, -0.25) is 4.79 Å². The quantitative estimate of drug-likeness (QED) is 0.342. The van der Waals surface area contributed by atoms with Gasteiger partial charge >= 0.3 is 5.97 Å². The zero-order valence-corrected chi connectivity index (χ0v) is 17.2. The molecule has 3 aliphatic rings. The Morgan fingerprint density at radius 3 is 2.15 bits per heavy atom. The molecule has 0 spiro atoms. The summed E-state index contributed by atoms with van der Waals surface area (Å²) in [6.45, 7) is 16.8. The molecule has 0 aromatic heterocycles. The highest BCUT2D eigenvalue weighted by atomic mass is 16.5. The second kappa shape index (κ2) is 11.8. The number of ether oxygens (including phenoxy) is 1. The number of fused-ring (bicyclic) bond motifs is 1. The smallest absolute Gasteiger partial charge is 0.333 e. The van der Waals surface area contributed by atoms with Crippen molar-refractivity contribution in [3.05, 3.63) is 23.8 Å². The van der Waals surface area contributed by atoms with Gasteiger partial charge in [-0.1, -0.05) is 45.9 Å². The van der Waals surface area contributed by atoms with E-state index in [4.69, 9.17) is 4.79 Å². The van der Waals surface area contributed by atoms with Gasteiger partial charge in [0.05, 0.1) is 6.61 Å². The lowest BCUT2D eigenvalue weighted by molar-refractivity contribution is -0.136. The molecule has 1 heterocycles. The Morgan fingerprint density at radius 2 is 1.69 bits per heavy atom. The number of rotatable bonds is 0. The molecular formula is C22H36O4. The first-order valence-electron chi connectivity index (χ1n) is 9.67. The first-order chi connectivity index (χ1) is 12.4. The Bertz CT molecular complexity index is 516. The van der Waals surface area contributed by atoms with Crippen LogP contribution < -0.4 is 0 Å². The Kier molecular flexibility index (Phi) is 11.0. The Hall–Kier alpha value is -1.71. The van der Waals surface area contributed by atoms with E-state index in [1.807, 2.05) is 27.6 Å². The molecule has 148 valence electrons. The zero-order valence-electron chi connectivity index (χ0n) is 17.2. The van der Waals surface area contributed by atoms with Gasteiger partial charge in [0.25, 0.3) is 0 Å². The van der Waals surface area contributed by atoms with Crippen molar-refractivity contribution < 1.29 is 19.1 Å². The second-order valence-electron chi connectivity index (χ2n) is 7.24. The summed E-state index contributed by atoms with van der Waals surface area (Å²) in [7, 11) is 0. The monoisotopic (exact) mass is 364 g/mol. The highest BCUT2D eigenvalue weighted by molar-refractivity contribution is 5.90. The van der Waals surface area contributed by atoms with Crippen LogP contribution in [0.5, 0.6) is 0 Å². The number of carbonyl (C=O) groups excluding carboxylic acids is 3. The van der Waals surface area contributed by atoms with Gasteiger partial charge in [0.1, 0.15) is 12.6 Å². The lowest BCUT2D eigenvalue weighted by Gasteiger charge is -2.46. The molecule has 4 nitrogen and oxygen atoms in total.